The minimum Gasteiger partial charge on any atom is -0.404 e. The van der Waals surface area contributed by atoms with Crippen LogP contribution in [0, 0.1) is 5.41 Å². The average molecular weight is 418 g/mol. The Morgan fingerprint density at radius 2 is 1.65 bits per heavy atom. The van der Waals surface area contributed by atoms with Crippen LogP contribution in [0.5, 0.6) is 0 Å². The molecule has 5 nitrogen and oxygen atoms in total. The molecule has 2 aliphatic carbocycles. The van der Waals surface area contributed by atoms with Gasteiger partial charge < -0.3 is 16.9 Å². The molecule has 0 radical (unpaired) electrons. The van der Waals surface area contributed by atoms with E-state index in [9.17, 15) is 0 Å². The van der Waals surface area contributed by atoms with E-state index < -0.39 is 0 Å². The molecule has 1 saturated carbocycles. The molecule has 164 valence electrons. The number of hydrogen-bond donors (Lipinski definition) is 3. The predicted molar refractivity (Wildman–Crippen MR) is 132 cm³/mol. The Labute approximate surface area is 185 Å². The van der Waals surface area contributed by atoms with Crippen LogP contribution in [-0.4, -0.2) is 23.5 Å². The molecule has 0 bridgehead atoms. The van der Waals surface area contributed by atoms with Crippen molar-refractivity contribution in [2.45, 2.75) is 83.1 Å². The van der Waals surface area contributed by atoms with Crippen LogP contribution in [0.1, 0.15) is 86.6 Å². The summed E-state index contributed by atoms with van der Waals surface area (Å²) >= 11 is 0. The van der Waals surface area contributed by atoms with Crippen LogP contribution in [0.2, 0.25) is 0 Å². The zero-order valence-corrected chi connectivity index (χ0v) is 18.5. The molecule has 1 fully saturated rings. The van der Waals surface area contributed by atoms with E-state index in [-0.39, 0.29) is 0 Å². The minimum atomic E-state index is 0.383. The van der Waals surface area contributed by atoms with Crippen molar-refractivity contribution in [3.05, 3.63) is 40.7 Å². The summed E-state index contributed by atoms with van der Waals surface area (Å²) in [5, 5.41) is 8.94. The Bertz CT molecular complexity index is 995. The van der Waals surface area contributed by atoms with Gasteiger partial charge in [-0.15, -0.1) is 0 Å². The average Bonchev–Trinajstić information content (AvgIpc) is 2.93. The number of aromatic nitrogens is 1. The first-order chi connectivity index (χ1) is 15.2. The van der Waals surface area contributed by atoms with Gasteiger partial charge >= 0.3 is 0 Å². The van der Waals surface area contributed by atoms with Crippen molar-refractivity contribution in [2.75, 3.05) is 5.73 Å². The SMILES string of the molecule is N=Cc1c(N)ccc2nc(/C(C=NC3CCCCCCCC3)=C/N)c3c(c12)CCCC3. The van der Waals surface area contributed by atoms with Crippen LogP contribution in [0.15, 0.2) is 23.3 Å². The monoisotopic (exact) mass is 417 g/mol. The van der Waals surface area contributed by atoms with E-state index in [1.54, 1.807) is 6.20 Å². The highest BCUT2D eigenvalue weighted by Gasteiger charge is 2.22. The van der Waals surface area contributed by atoms with Crippen LogP contribution >= 0.6 is 0 Å². The Balaban J connectivity index is 1.73. The fraction of sp³-hybridized carbons (Fsp3) is 0.500. The van der Waals surface area contributed by atoms with E-state index >= 15 is 0 Å². The second-order valence-corrected chi connectivity index (χ2v) is 8.98. The normalized spacial score (nSPS) is 19.0. The lowest BCUT2D eigenvalue weighted by atomic mass is 9.85. The molecule has 0 atom stereocenters. The lowest BCUT2D eigenvalue weighted by molar-refractivity contribution is 0.538. The van der Waals surface area contributed by atoms with Crippen molar-refractivity contribution in [1.29, 1.82) is 5.41 Å². The summed E-state index contributed by atoms with van der Waals surface area (Å²) in [4.78, 5) is 10.0. The number of aryl methyl sites for hydroxylation is 1. The molecule has 0 aliphatic heterocycles. The lowest BCUT2D eigenvalue weighted by Crippen LogP contribution is -2.13. The van der Waals surface area contributed by atoms with E-state index in [2.05, 4.69) is 0 Å². The smallest absolute Gasteiger partial charge is 0.0774 e. The molecule has 5 heteroatoms. The first-order valence-corrected chi connectivity index (χ1v) is 11.9. The zero-order chi connectivity index (χ0) is 21.6. The summed E-state index contributed by atoms with van der Waals surface area (Å²) in [7, 11) is 0. The van der Waals surface area contributed by atoms with Crippen LogP contribution < -0.4 is 11.5 Å². The van der Waals surface area contributed by atoms with E-state index in [4.69, 9.17) is 26.9 Å². The van der Waals surface area contributed by atoms with Gasteiger partial charge in [0.2, 0.25) is 0 Å². The van der Waals surface area contributed by atoms with Gasteiger partial charge in [0.15, 0.2) is 0 Å². The molecule has 0 saturated heterocycles. The number of allylic oxidation sites excluding steroid dienone is 1. The van der Waals surface area contributed by atoms with Gasteiger partial charge in [0, 0.05) is 46.9 Å². The van der Waals surface area contributed by atoms with Gasteiger partial charge in [-0.25, -0.2) is 4.98 Å². The number of benzene rings is 1. The van der Waals surface area contributed by atoms with Crippen LogP contribution in [0.3, 0.4) is 0 Å². The van der Waals surface area contributed by atoms with E-state index in [0.29, 0.717) is 11.7 Å². The molecule has 5 N–H and O–H groups in total. The molecule has 4 rings (SSSR count). The minimum absolute atomic E-state index is 0.383. The summed E-state index contributed by atoms with van der Waals surface area (Å²) < 4.78 is 0. The van der Waals surface area contributed by atoms with Crippen molar-refractivity contribution in [1.82, 2.24) is 4.98 Å². The van der Waals surface area contributed by atoms with Crippen molar-refractivity contribution >= 4 is 34.6 Å². The molecular weight excluding hydrogens is 382 g/mol. The van der Waals surface area contributed by atoms with E-state index in [1.165, 1.54) is 68.7 Å². The fourth-order valence-corrected chi connectivity index (χ4v) is 5.19. The highest BCUT2D eigenvalue weighted by molar-refractivity contribution is 6.11. The molecule has 0 spiro atoms. The Morgan fingerprint density at radius 1 is 0.968 bits per heavy atom. The predicted octanol–water partition coefficient (Wildman–Crippen LogP) is 5.57. The number of nitrogens with one attached hydrogen (secondary N) is 1. The Hall–Kier alpha value is -2.69. The van der Waals surface area contributed by atoms with Gasteiger partial charge in [-0.1, -0.05) is 38.5 Å². The maximum atomic E-state index is 7.90. The third kappa shape index (κ3) is 4.65. The standard InChI is InChI=1S/C26H35N5/c27-15-18(17-30-19-9-5-3-1-2-4-6-10-19)26-21-12-8-7-11-20(21)25-22(16-28)23(29)13-14-24(25)31-26/h13-17,19,28H,1-12,27,29H2/b18-15+,28-16?,30-17?. The molecule has 2 aliphatic rings. The van der Waals surface area contributed by atoms with Crippen molar-refractivity contribution in [3.63, 3.8) is 0 Å². The molecule has 0 amide bonds. The van der Waals surface area contributed by atoms with Gasteiger partial charge in [0.1, 0.15) is 0 Å². The molecule has 1 aromatic heterocycles. The van der Waals surface area contributed by atoms with E-state index in [0.717, 1.165) is 53.4 Å². The van der Waals surface area contributed by atoms with Gasteiger partial charge in [-0.3, -0.25) is 4.99 Å². The van der Waals surface area contributed by atoms with Crippen molar-refractivity contribution in [3.8, 4) is 0 Å². The molecular formula is C26H35N5. The molecule has 1 aromatic carbocycles. The van der Waals surface area contributed by atoms with Crippen LogP contribution in [-0.2, 0) is 12.8 Å². The third-order valence-corrected chi connectivity index (χ3v) is 6.89. The Kier molecular flexibility index (Phi) is 7.00. The quantitative estimate of drug-likeness (QED) is 0.448. The molecule has 2 aromatic rings. The number of nitrogen functional groups attached to an aromatic ring is 1. The summed E-state index contributed by atoms with van der Waals surface area (Å²) in [5.41, 5.74) is 19.0. The number of nitrogens with two attached hydrogens (primary N) is 2. The number of pyridine rings is 1. The fourth-order valence-electron chi connectivity index (χ4n) is 5.19. The molecule has 0 unspecified atom stereocenters. The molecule has 1 heterocycles. The number of nitrogens with zero attached hydrogens (tertiary/aromatic N) is 2. The summed E-state index contributed by atoms with van der Waals surface area (Å²) in [6.07, 6.45) is 19.5. The number of hydrogen-bond acceptors (Lipinski definition) is 5. The highest BCUT2D eigenvalue weighted by atomic mass is 14.8. The topological polar surface area (TPSA) is 101 Å². The highest BCUT2D eigenvalue weighted by Crippen LogP contribution is 2.35. The zero-order valence-electron chi connectivity index (χ0n) is 18.5. The second kappa shape index (κ2) is 10.1. The van der Waals surface area contributed by atoms with Crippen LogP contribution in [0.25, 0.3) is 16.5 Å². The summed E-state index contributed by atoms with van der Waals surface area (Å²) in [6.45, 7) is 0. The largest absolute Gasteiger partial charge is 0.404 e. The maximum Gasteiger partial charge on any atom is 0.0774 e. The number of rotatable bonds is 4. The second-order valence-electron chi connectivity index (χ2n) is 8.98. The van der Waals surface area contributed by atoms with Gasteiger partial charge in [-0.2, -0.15) is 0 Å². The first kappa shape index (κ1) is 21.5. The van der Waals surface area contributed by atoms with Gasteiger partial charge in [0.25, 0.3) is 0 Å². The van der Waals surface area contributed by atoms with Gasteiger partial charge in [0.05, 0.1) is 11.2 Å². The Morgan fingerprint density at radius 3 is 2.32 bits per heavy atom. The van der Waals surface area contributed by atoms with Crippen molar-refractivity contribution < 1.29 is 0 Å². The van der Waals surface area contributed by atoms with Crippen LogP contribution in [0.4, 0.5) is 5.69 Å². The molecule has 31 heavy (non-hydrogen) atoms. The maximum absolute atomic E-state index is 7.90. The van der Waals surface area contributed by atoms with E-state index in [1.807, 2.05) is 18.3 Å². The number of anilines is 1. The van der Waals surface area contributed by atoms with Crippen molar-refractivity contribution in [2.24, 2.45) is 10.7 Å². The summed E-state index contributed by atoms with van der Waals surface area (Å²) in [5.74, 6) is 0. The third-order valence-electron chi connectivity index (χ3n) is 6.89. The van der Waals surface area contributed by atoms with Gasteiger partial charge in [-0.05, 0) is 61.8 Å². The summed E-state index contributed by atoms with van der Waals surface area (Å²) in [6, 6.07) is 4.21. The lowest BCUT2D eigenvalue weighted by Gasteiger charge is -2.23. The first-order valence-electron chi connectivity index (χ1n) is 11.9. The number of aliphatic imine (C=N–C) groups is 1. The number of fused-ring (bicyclic) bond motifs is 3.